The fourth-order valence-corrected chi connectivity index (χ4v) is 2.79. The van der Waals surface area contributed by atoms with Gasteiger partial charge in [0.2, 0.25) is 0 Å². The number of hydrogen-bond donors (Lipinski definition) is 0. The van der Waals surface area contributed by atoms with E-state index in [-0.39, 0.29) is 6.10 Å². The quantitative estimate of drug-likeness (QED) is 0.497. The van der Waals surface area contributed by atoms with Crippen LogP contribution in [0.4, 0.5) is 0 Å². The van der Waals surface area contributed by atoms with Crippen LogP contribution in [-0.4, -0.2) is 12.2 Å². The Bertz CT molecular complexity index is 554. The van der Waals surface area contributed by atoms with Gasteiger partial charge in [0.1, 0.15) is 0 Å². The molecule has 1 aromatic carbocycles. The highest BCUT2D eigenvalue weighted by atomic mass is 16.5. The second kappa shape index (κ2) is 4.30. The molecule has 0 aliphatic carbocycles. The zero-order chi connectivity index (χ0) is 12.7. The molecule has 0 radical (unpaired) electrons. The summed E-state index contributed by atoms with van der Waals surface area (Å²) in [6.07, 6.45) is 1.63. The van der Waals surface area contributed by atoms with Crippen LogP contribution < -0.4 is 0 Å². The lowest BCUT2D eigenvalue weighted by atomic mass is 9.85. The third-order valence-electron chi connectivity index (χ3n) is 4.13. The lowest BCUT2D eigenvalue weighted by molar-refractivity contribution is 0.106. The van der Waals surface area contributed by atoms with E-state index in [9.17, 15) is 0 Å². The first-order chi connectivity index (χ1) is 8.65. The molecular weight excluding hydrogens is 220 g/mol. The van der Waals surface area contributed by atoms with Gasteiger partial charge in [0.05, 0.1) is 18.1 Å². The molecule has 0 amide bonds. The van der Waals surface area contributed by atoms with E-state index >= 15 is 0 Å². The van der Waals surface area contributed by atoms with Crippen LogP contribution in [0.25, 0.3) is 0 Å². The van der Waals surface area contributed by atoms with Gasteiger partial charge in [-0.3, -0.25) is 0 Å². The van der Waals surface area contributed by atoms with Crippen molar-refractivity contribution in [3.63, 3.8) is 0 Å². The average Bonchev–Trinajstić information content (AvgIpc) is 2.90. The number of aryl methyl sites for hydroxylation is 1. The summed E-state index contributed by atoms with van der Waals surface area (Å²) in [5.74, 6) is 7.05. The van der Waals surface area contributed by atoms with Crippen molar-refractivity contribution in [2.75, 3.05) is 0 Å². The Kier molecular flexibility index (Phi) is 2.76. The Labute approximate surface area is 109 Å². The van der Waals surface area contributed by atoms with Gasteiger partial charge in [0, 0.05) is 5.56 Å². The molecule has 92 valence electrons. The molecule has 2 heterocycles. The first-order valence-electron chi connectivity index (χ1n) is 6.56. The minimum absolute atomic E-state index is 0.243. The molecule has 1 nitrogen and oxygen atoms in total. The van der Waals surface area contributed by atoms with Crippen LogP contribution in [0.5, 0.6) is 0 Å². The topological polar surface area (TPSA) is 9.23 Å². The number of benzene rings is 1. The molecule has 3 rings (SSSR count). The van der Waals surface area contributed by atoms with Crippen LogP contribution in [0, 0.1) is 24.7 Å². The van der Waals surface area contributed by atoms with Crippen molar-refractivity contribution in [3.05, 3.63) is 46.5 Å². The highest BCUT2D eigenvalue weighted by Crippen LogP contribution is 2.42. The standard InChI is InChI=1S/C17H18O/c1-11-4-6-14(7-5-11)8-9-15-10-16-12(2)13(3)17(15)18-16/h4-7,15-17H,10H2,1-3H3. The van der Waals surface area contributed by atoms with E-state index in [1.807, 2.05) is 0 Å². The summed E-state index contributed by atoms with van der Waals surface area (Å²) in [4.78, 5) is 0. The Morgan fingerprint density at radius 2 is 1.78 bits per heavy atom. The molecule has 2 aliphatic heterocycles. The summed E-state index contributed by atoms with van der Waals surface area (Å²) in [5, 5.41) is 0. The van der Waals surface area contributed by atoms with Gasteiger partial charge in [0.25, 0.3) is 0 Å². The van der Waals surface area contributed by atoms with Gasteiger partial charge in [-0.2, -0.15) is 0 Å². The Hall–Kier alpha value is -1.52. The molecule has 0 saturated carbocycles. The van der Waals surface area contributed by atoms with Crippen molar-refractivity contribution in [3.8, 4) is 11.8 Å². The molecule has 2 bridgehead atoms. The summed E-state index contributed by atoms with van der Waals surface area (Å²) in [7, 11) is 0. The van der Waals surface area contributed by atoms with E-state index in [1.165, 1.54) is 16.7 Å². The molecule has 18 heavy (non-hydrogen) atoms. The fourth-order valence-electron chi connectivity index (χ4n) is 2.79. The maximum absolute atomic E-state index is 5.94. The van der Waals surface area contributed by atoms with Crippen molar-refractivity contribution >= 4 is 0 Å². The van der Waals surface area contributed by atoms with Crippen molar-refractivity contribution < 1.29 is 4.74 Å². The first-order valence-corrected chi connectivity index (χ1v) is 6.56. The van der Waals surface area contributed by atoms with Crippen LogP contribution >= 0.6 is 0 Å². The molecule has 3 atom stereocenters. The summed E-state index contributed by atoms with van der Waals surface area (Å²) in [6, 6.07) is 8.39. The van der Waals surface area contributed by atoms with Gasteiger partial charge in [-0.1, -0.05) is 29.5 Å². The van der Waals surface area contributed by atoms with Crippen molar-refractivity contribution in [2.24, 2.45) is 5.92 Å². The molecule has 3 unspecified atom stereocenters. The third-order valence-corrected chi connectivity index (χ3v) is 4.13. The molecule has 0 N–H and O–H groups in total. The van der Waals surface area contributed by atoms with E-state index in [0.29, 0.717) is 12.0 Å². The zero-order valence-electron chi connectivity index (χ0n) is 11.2. The minimum Gasteiger partial charge on any atom is -0.365 e. The SMILES string of the molecule is CC1=C(C)C2OC1CC2C#Cc1ccc(C)cc1. The maximum Gasteiger partial charge on any atom is 0.0932 e. The average molecular weight is 238 g/mol. The smallest absolute Gasteiger partial charge is 0.0932 e. The van der Waals surface area contributed by atoms with Crippen molar-refractivity contribution in [1.29, 1.82) is 0 Å². The summed E-state index contributed by atoms with van der Waals surface area (Å²) in [6.45, 7) is 6.46. The minimum atomic E-state index is 0.243. The number of fused-ring (bicyclic) bond motifs is 2. The number of hydrogen-bond acceptors (Lipinski definition) is 1. The van der Waals surface area contributed by atoms with Crippen LogP contribution in [0.1, 0.15) is 31.4 Å². The number of ether oxygens (including phenoxy) is 1. The van der Waals surface area contributed by atoms with E-state index in [2.05, 4.69) is 56.9 Å². The normalized spacial score (nSPS) is 29.4. The van der Waals surface area contributed by atoms with Crippen LogP contribution in [0.15, 0.2) is 35.4 Å². The van der Waals surface area contributed by atoms with E-state index in [4.69, 9.17) is 4.74 Å². The zero-order valence-corrected chi connectivity index (χ0v) is 11.2. The lowest BCUT2D eigenvalue weighted by Crippen LogP contribution is -2.16. The van der Waals surface area contributed by atoms with Crippen LogP contribution in [0.2, 0.25) is 0 Å². The maximum atomic E-state index is 5.94. The monoisotopic (exact) mass is 238 g/mol. The van der Waals surface area contributed by atoms with Crippen LogP contribution in [-0.2, 0) is 4.74 Å². The van der Waals surface area contributed by atoms with E-state index in [1.54, 1.807) is 0 Å². The summed E-state index contributed by atoms with van der Waals surface area (Å²) < 4.78 is 5.94. The van der Waals surface area contributed by atoms with Gasteiger partial charge in [-0.15, -0.1) is 0 Å². The predicted molar refractivity (Wildman–Crippen MR) is 73.2 cm³/mol. The fraction of sp³-hybridized carbons (Fsp3) is 0.412. The van der Waals surface area contributed by atoms with Gasteiger partial charge < -0.3 is 4.74 Å². The molecule has 1 heteroatoms. The highest BCUT2D eigenvalue weighted by Gasteiger charge is 2.42. The van der Waals surface area contributed by atoms with Crippen molar-refractivity contribution in [2.45, 2.75) is 39.4 Å². The largest absolute Gasteiger partial charge is 0.365 e. The predicted octanol–water partition coefficient (Wildman–Crippen LogP) is 3.47. The third kappa shape index (κ3) is 1.87. The molecule has 1 fully saturated rings. The summed E-state index contributed by atoms with van der Waals surface area (Å²) in [5.41, 5.74) is 5.20. The Morgan fingerprint density at radius 3 is 2.39 bits per heavy atom. The summed E-state index contributed by atoms with van der Waals surface area (Å²) >= 11 is 0. The number of rotatable bonds is 0. The highest BCUT2D eigenvalue weighted by molar-refractivity contribution is 5.39. The molecule has 1 saturated heterocycles. The van der Waals surface area contributed by atoms with Gasteiger partial charge >= 0.3 is 0 Å². The molecule has 0 spiro atoms. The van der Waals surface area contributed by atoms with Crippen molar-refractivity contribution in [1.82, 2.24) is 0 Å². The molecule has 0 aromatic heterocycles. The molecular formula is C17H18O. The van der Waals surface area contributed by atoms with Gasteiger partial charge in [-0.25, -0.2) is 0 Å². The van der Waals surface area contributed by atoms with Gasteiger partial charge in [-0.05, 0) is 50.5 Å². The lowest BCUT2D eigenvalue weighted by Gasteiger charge is -2.15. The first kappa shape index (κ1) is 11.6. The molecule has 2 aliphatic rings. The van der Waals surface area contributed by atoms with Gasteiger partial charge in [0.15, 0.2) is 0 Å². The Morgan fingerprint density at radius 1 is 1.06 bits per heavy atom. The van der Waals surface area contributed by atoms with Crippen LogP contribution in [0.3, 0.4) is 0 Å². The molecule has 1 aromatic rings. The Balaban J connectivity index is 1.78. The van der Waals surface area contributed by atoms with E-state index in [0.717, 1.165) is 12.0 Å². The second-order valence-electron chi connectivity index (χ2n) is 5.39. The van der Waals surface area contributed by atoms with E-state index < -0.39 is 0 Å². The second-order valence-corrected chi connectivity index (χ2v) is 5.39.